The maximum absolute atomic E-state index is 9.87. The largest absolute Gasteiger partial charge is 0.348 e. The molecule has 0 unspecified atom stereocenters. The lowest BCUT2D eigenvalue weighted by molar-refractivity contribution is 0.00739. The molecule has 2 nitrogen and oxygen atoms in total. The molecule has 0 N–H and O–H groups in total. The first-order chi connectivity index (χ1) is 21.9. The van der Waals surface area contributed by atoms with Gasteiger partial charge in [0.25, 0.3) is 0 Å². The number of unbranched alkanes of at least 4 members (excludes halogenated alkanes) is 9. The van der Waals surface area contributed by atoms with Gasteiger partial charge in [-0.1, -0.05) is 117 Å². The fraction of sp³-hybridized carbons (Fsp3) is 0.628. The molecule has 2 heteroatoms. The molecule has 0 saturated carbocycles. The van der Waals surface area contributed by atoms with E-state index in [0.717, 1.165) is 50.5 Å². The second-order valence-corrected chi connectivity index (χ2v) is 13.5. The summed E-state index contributed by atoms with van der Waals surface area (Å²) in [7, 11) is 0. The van der Waals surface area contributed by atoms with E-state index in [0.29, 0.717) is 0 Å². The van der Waals surface area contributed by atoms with Crippen LogP contribution in [0.4, 0.5) is 0 Å². The van der Waals surface area contributed by atoms with Gasteiger partial charge in [0.05, 0.1) is 5.57 Å². The normalized spacial score (nSPS) is 11.7. The van der Waals surface area contributed by atoms with Gasteiger partial charge in [-0.3, -0.25) is 0 Å². The van der Waals surface area contributed by atoms with Gasteiger partial charge in [0.2, 0.25) is 0 Å². The predicted octanol–water partition coefficient (Wildman–Crippen LogP) is 13.2. The second kappa shape index (κ2) is 22.0. The van der Waals surface area contributed by atoms with E-state index in [1.807, 2.05) is 0 Å². The van der Waals surface area contributed by atoms with Crippen molar-refractivity contribution in [3.05, 3.63) is 85.5 Å². The minimum Gasteiger partial charge on any atom is -0.348 e. The summed E-state index contributed by atoms with van der Waals surface area (Å²) in [6, 6.07) is 9.94. The number of benzene rings is 2. The molecule has 0 atom stereocenters. The Bertz CT molecular complexity index is 1250. The molecule has 0 aromatic heterocycles. The average Bonchev–Trinajstić information content (AvgIpc) is 3.03. The van der Waals surface area contributed by atoms with E-state index in [4.69, 9.17) is 0 Å². The third kappa shape index (κ3) is 12.2. The van der Waals surface area contributed by atoms with Crippen LogP contribution in [0.15, 0.2) is 35.4 Å². The summed E-state index contributed by atoms with van der Waals surface area (Å²) in [5.41, 5.74) is 25.1. The zero-order valence-electron chi connectivity index (χ0n) is 30.6. The SMILES string of the molecule is CCCCCCCCC(C(=C=[N+]=[N-])CCCC)=C(c1cc(C)c(C)c(C)c1)c1cc(CCCC)c(CCCC)c(CCCC)c1. The van der Waals surface area contributed by atoms with Crippen molar-refractivity contribution >= 4 is 11.4 Å². The van der Waals surface area contributed by atoms with E-state index in [1.165, 1.54) is 116 Å². The van der Waals surface area contributed by atoms with Crippen molar-refractivity contribution in [3.63, 3.8) is 0 Å². The fourth-order valence-electron chi connectivity index (χ4n) is 6.69. The highest BCUT2D eigenvalue weighted by Crippen LogP contribution is 2.38. The highest BCUT2D eigenvalue weighted by atomic mass is 14.8. The summed E-state index contributed by atoms with van der Waals surface area (Å²) in [5.74, 6) is 3.12. The van der Waals surface area contributed by atoms with Crippen LogP contribution in [0.1, 0.15) is 182 Å². The summed E-state index contributed by atoms with van der Waals surface area (Å²) in [5, 5.41) is 0. The third-order valence-electron chi connectivity index (χ3n) is 9.73. The molecule has 248 valence electrons. The molecular weight excluding hydrogens is 544 g/mol. The predicted molar refractivity (Wildman–Crippen MR) is 199 cm³/mol. The molecule has 2 rings (SSSR count). The minimum atomic E-state index is 0.888. The summed E-state index contributed by atoms with van der Waals surface area (Å²) in [4.78, 5) is 3.54. The van der Waals surface area contributed by atoms with Crippen LogP contribution in [0, 0.1) is 20.8 Å². The molecular formula is C43H66N2. The lowest BCUT2D eigenvalue weighted by Crippen LogP contribution is -2.07. The molecule has 0 fully saturated rings. The van der Waals surface area contributed by atoms with E-state index >= 15 is 0 Å². The van der Waals surface area contributed by atoms with Gasteiger partial charge in [-0.25, -0.2) is 0 Å². The second-order valence-electron chi connectivity index (χ2n) is 13.5. The monoisotopic (exact) mass is 611 g/mol. The lowest BCUT2D eigenvalue weighted by Gasteiger charge is -2.23. The molecule has 0 radical (unpaired) electrons. The molecule has 0 amide bonds. The Hall–Kier alpha value is -2.66. The highest BCUT2D eigenvalue weighted by Gasteiger charge is 2.21. The van der Waals surface area contributed by atoms with Gasteiger partial charge in [0.1, 0.15) is 0 Å². The van der Waals surface area contributed by atoms with E-state index in [1.54, 1.807) is 16.7 Å². The molecule has 0 aliphatic rings. The lowest BCUT2D eigenvalue weighted by atomic mass is 9.81. The zero-order valence-corrected chi connectivity index (χ0v) is 30.6. The van der Waals surface area contributed by atoms with Crippen LogP contribution in [-0.4, -0.2) is 10.7 Å². The average molecular weight is 611 g/mol. The van der Waals surface area contributed by atoms with Gasteiger partial charge in [-0.05, 0) is 141 Å². The Morgan fingerprint density at radius 2 is 1.07 bits per heavy atom. The van der Waals surface area contributed by atoms with E-state index in [-0.39, 0.29) is 0 Å². The number of aryl methyl sites for hydroxylation is 4. The molecule has 0 saturated heterocycles. The quantitative estimate of drug-likeness (QED) is 0.0418. The number of hydrogen-bond acceptors (Lipinski definition) is 0. The summed E-state index contributed by atoms with van der Waals surface area (Å²) in [6.07, 6.45) is 22.4. The first-order valence-corrected chi connectivity index (χ1v) is 18.8. The molecule has 45 heavy (non-hydrogen) atoms. The molecule has 0 spiro atoms. The molecule has 2 aromatic carbocycles. The number of allylic oxidation sites excluding steroid dienone is 2. The van der Waals surface area contributed by atoms with E-state index in [2.05, 4.69) is 90.3 Å². The first-order valence-electron chi connectivity index (χ1n) is 18.8. The van der Waals surface area contributed by atoms with Crippen LogP contribution in [0.2, 0.25) is 0 Å². The van der Waals surface area contributed by atoms with Gasteiger partial charge >= 0.3 is 5.87 Å². The standard InChI is InChI=1S/C43H66N2/c1-9-14-19-20-21-22-27-42(38(32-45-44)25-17-12-4)43(39-28-33(6)35(8)34(7)29-39)40-30-36(23-15-10-2)41(26-18-13-5)37(31-40)24-16-11-3/h28-31H,9-27H2,1-8H3. The Morgan fingerprint density at radius 1 is 0.578 bits per heavy atom. The fourth-order valence-corrected chi connectivity index (χ4v) is 6.69. The Labute approximate surface area is 278 Å². The van der Waals surface area contributed by atoms with Crippen LogP contribution in [0.5, 0.6) is 0 Å². The molecule has 0 bridgehead atoms. The third-order valence-corrected chi connectivity index (χ3v) is 9.73. The number of rotatable bonds is 22. The van der Waals surface area contributed by atoms with Crippen molar-refractivity contribution in [3.8, 4) is 0 Å². The summed E-state index contributed by atoms with van der Waals surface area (Å²) in [6.45, 7) is 18.2. The topological polar surface area (TPSA) is 36.4 Å². The van der Waals surface area contributed by atoms with E-state index in [9.17, 15) is 5.53 Å². The van der Waals surface area contributed by atoms with Crippen molar-refractivity contribution in [2.24, 2.45) is 0 Å². The molecule has 0 aliphatic heterocycles. The maximum atomic E-state index is 9.87. The molecule has 0 aliphatic carbocycles. The van der Waals surface area contributed by atoms with E-state index < -0.39 is 0 Å². The molecule has 0 heterocycles. The molecule has 2 aromatic rings. The van der Waals surface area contributed by atoms with Gasteiger partial charge in [-0.15, -0.1) is 4.79 Å². The van der Waals surface area contributed by atoms with Crippen molar-refractivity contribution in [1.82, 2.24) is 0 Å². The van der Waals surface area contributed by atoms with Gasteiger partial charge in [0.15, 0.2) is 0 Å². The van der Waals surface area contributed by atoms with Crippen LogP contribution in [0.3, 0.4) is 0 Å². The Kier molecular flexibility index (Phi) is 18.8. The highest BCUT2D eigenvalue weighted by molar-refractivity contribution is 5.88. The smallest absolute Gasteiger partial charge is 0.303 e. The number of nitrogens with zero attached hydrogens (tertiary/aromatic N) is 2. The van der Waals surface area contributed by atoms with Crippen molar-refractivity contribution in [1.29, 1.82) is 0 Å². The van der Waals surface area contributed by atoms with Crippen LogP contribution >= 0.6 is 0 Å². The van der Waals surface area contributed by atoms with Crippen LogP contribution in [0.25, 0.3) is 11.1 Å². The van der Waals surface area contributed by atoms with Gasteiger partial charge in [0, 0.05) is 0 Å². The summed E-state index contributed by atoms with van der Waals surface area (Å²) >= 11 is 0. The van der Waals surface area contributed by atoms with Crippen molar-refractivity contribution in [2.45, 2.75) is 177 Å². The zero-order chi connectivity index (χ0) is 33.0. The van der Waals surface area contributed by atoms with Crippen molar-refractivity contribution < 1.29 is 4.79 Å². The summed E-state index contributed by atoms with van der Waals surface area (Å²) < 4.78 is 0. The number of hydrogen-bond donors (Lipinski definition) is 0. The Morgan fingerprint density at radius 3 is 1.60 bits per heavy atom. The van der Waals surface area contributed by atoms with Crippen molar-refractivity contribution in [2.75, 3.05) is 0 Å². The Balaban J connectivity index is 3.00. The van der Waals surface area contributed by atoms with Gasteiger partial charge in [-0.2, -0.15) is 0 Å². The minimum absolute atomic E-state index is 0.888. The maximum Gasteiger partial charge on any atom is 0.303 e. The van der Waals surface area contributed by atoms with Crippen LogP contribution in [-0.2, 0) is 19.3 Å². The first kappa shape index (κ1) is 38.5. The van der Waals surface area contributed by atoms with Gasteiger partial charge < -0.3 is 5.53 Å². The van der Waals surface area contributed by atoms with Crippen LogP contribution < -0.4 is 0 Å².